The average molecular weight is 454 g/mol. The van der Waals surface area contributed by atoms with Gasteiger partial charge in [0.15, 0.2) is 0 Å². The maximum absolute atomic E-state index is 13.3. The van der Waals surface area contributed by atoms with Gasteiger partial charge >= 0.3 is 6.03 Å². The zero-order chi connectivity index (χ0) is 22.6. The molecule has 170 valence electrons. The predicted molar refractivity (Wildman–Crippen MR) is 125 cm³/mol. The number of hydrogen-bond donors (Lipinski definition) is 1. The van der Waals surface area contributed by atoms with Gasteiger partial charge in [0.05, 0.1) is 6.54 Å². The minimum Gasteiger partial charge on any atom is -0.336 e. The van der Waals surface area contributed by atoms with E-state index < -0.39 is 11.6 Å². The number of benzene rings is 1. The minimum absolute atomic E-state index is 0.197. The quantitative estimate of drug-likeness (QED) is 0.609. The topological polar surface area (TPSA) is 69.7 Å². The van der Waals surface area contributed by atoms with Crippen LogP contribution in [0.5, 0.6) is 0 Å². The van der Waals surface area contributed by atoms with Gasteiger partial charge in [-0.3, -0.25) is 14.5 Å². The number of imide groups is 1. The van der Waals surface area contributed by atoms with Crippen LogP contribution in [0.15, 0.2) is 47.8 Å². The third kappa shape index (κ3) is 4.88. The predicted octanol–water partition coefficient (Wildman–Crippen LogP) is 4.21. The number of carbonyl (C=O) groups is 3. The molecule has 4 rings (SSSR count). The van der Waals surface area contributed by atoms with E-state index in [1.807, 2.05) is 47.8 Å². The van der Waals surface area contributed by atoms with Crippen LogP contribution >= 0.6 is 11.3 Å². The Morgan fingerprint density at radius 3 is 2.56 bits per heavy atom. The van der Waals surface area contributed by atoms with Gasteiger partial charge < -0.3 is 10.2 Å². The highest BCUT2D eigenvalue weighted by molar-refractivity contribution is 7.09. The van der Waals surface area contributed by atoms with Gasteiger partial charge in [-0.15, -0.1) is 11.3 Å². The maximum atomic E-state index is 13.3. The first kappa shape index (κ1) is 22.5. The molecule has 7 heteroatoms. The van der Waals surface area contributed by atoms with Crippen molar-refractivity contribution in [1.82, 2.24) is 15.1 Å². The SMILES string of the molecule is CCC1CCC2(CC1)NC(=O)N(CC(=O)N(CCc1ccccc1)Cc1cccs1)C2=O. The Morgan fingerprint density at radius 2 is 1.91 bits per heavy atom. The molecule has 0 radical (unpaired) electrons. The van der Waals surface area contributed by atoms with Gasteiger partial charge in [0.1, 0.15) is 12.1 Å². The second-order valence-electron chi connectivity index (χ2n) is 8.89. The van der Waals surface area contributed by atoms with Gasteiger partial charge in [0.25, 0.3) is 5.91 Å². The third-order valence-corrected chi connectivity index (χ3v) is 7.73. The van der Waals surface area contributed by atoms with Crippen LogP contribution in [-0.4, -0.2) is 46.3 Å². The van der Waals surface area contributed by atoms with Crippen molar-refractivity contribution in [3.05, 3.63) is 58.3 Å². The minimum atomic E-state index is -0.814. The molecule has 1 aromatic heterocycles. The highest BCUT2D eigenvalue weighted by Crippen LogP contribution is 2.37. The molecule has 0 atom stereocenters. The number of hydrogen-bond acceptors (Lipinski definition) is 4. The lowest BCUT2D eigenvalue weighted by Gasteiger charge is -2.34. The third-order valence-electron chi connectivity index (χ3n) is 6.87. The van der Waals surface area contributed by atoms with Crippen molar-refractivity contribution in [3.8, 4) is 0 Å². The van der Waals surface area contributed by atoms with E-state index in [0.29, 0.717) is 31.8 Å². The fraction of sp³-hybridized carbons (Fsp3) is 0.480. The van der Waals surface area contributed by atoms with Crippen molar-refractivity contribution < 1.29 is 14.4 Å². The Labute approximate surface area is 193 Å². The Balaban J connectivity index is 1.43. The summed E-state index contributed by atoms with van der Waals surface area (Å²) in [5.41, 5.74) is 0.337. The molecule has 2 aromatic rings. The van der Waals surface area contributed by atoms with E-state index >= 15 is 0 Å². The van der Waals surface area contributed by atoms with Gasteiger partial charge in [-0.2, -0.15) is 0 Å². The summed E-state index contributed by atoms with van der Waals surface area (Å²) in [7, 11) is 0. The molecule has 1 saturated heterocycles. The molecule has 2 aliphatic rings. The largest absolute Gasteiger partial charge is 0.336 e. The van der Waals surface area contributed by atoms with Crippen LogP contribution in [0.4, 0.5) is 4.79 Å². The first-order valence-electron chi connectivity index (χ1n) is 11.5. The van der Waals surface area contributed by atoms with Crippen LogP contribution in [0, 0.1) is 5.92 Å². The molecule has 1 saturated carbocycles. The van der Waals surface area contributed by atoms with E-state index in [9.17, 15) is 14.4 Å². The first-order chi connectivity index (χ1) is 15.5. The van der Waals surface area contributed by atoms with Crippen LogP contribution in [0.3, 0.4) is 0 Å². The van der Waals surface area contributed by atoms with Crippen LogP contribution in [0.25, 0.3) is 0 Å². The van der Waals surface area contributed by atoms with Crippen LogP contribution in [0.1, 0.15) is 49.5 Å². The van der Waals surface area contributed by atoms with Gasteiger partial charge in [-0.05, 0) is 55.0 Å². The zero-order valence-electron chi connectivity index (χ0n) is 18.6. The molecule has 1 aliphatic carbocycles. The second kappa shape index (κ2) is 9.86. The van der Waals surface area contributed by atoms with Gasteiger partial charge in [0.2, 0.25) is 5.91 Å². The first-order valence-corrected chi connectivity index (χ1v) is 12.4. The Bertz CT molecular complexity index is 937. The number of thiophene rings is 1. The van der Waals surface area contributed by atoms with Gasteiger partial charge in [-0.1, -0.05) is 49.7 Å². The number of amides is 4. The van der Waals surface area contributed by atoms with Crippen molar-refractivity contribution in [2.75, 3.05) is 13.1 Å². The van der Waals surface area contributed by atoms with Crippen molar-refractivity contribution in [3.63, 3.8) is 0 Å². The second-order valence-corrected chi connectivity index (χ2v) is 9.92. The van der Waals surface area contributed by atoms with Crippen LogP contribution < -0.4 is 5.32 Å². The summed E-state index contributed by atoms with van der Waals surface area (Å²) in [6.07, 6.45) is 5.01. The Hall–Kier alpha value is -2.67. The molecule has 1 aromatic carbocycles. The lowest BCUT2D eigenvalue weighted by Crippen LogP contribution is -2.50. The molecule has 4 amide bonds. The average Bonchev–Trinajstić information content (AvgIpc) is 3.40. The summed E-state index contributed by atoms with van der Waals surface area (Å²) in [6.45, 7) is 2.98. The molecule has 32 heavy (non-hydrogen) atoms. The monoisotopic (exact) mass is 453 g/mol. The summed E-state index contributed by atoms with van der Waals surface area (Å²) in [4.78, 5) is 43.2. The lowest BCUT2D eigenvalue weighted by molar-refractivity contribution is -0.140. The molecule has 0 unspecified atom stereocenters. The summed E-state index contributed by atoms with van der Waals surface area (Å²) in [5, 5.41) is 4.92. The normalized spacial score (nSPS) is 22.9. The standard InChI is InChI=1S/C25H31N3O3S/c1-2-19-10-13-25(14-11-19)23(30)28(24(31)26-25)18-22(29)27(17-21-9-6-16-32-21)15-12-20-7-4-3-5-8-20/h3-9,16,19H,2,10-15,17-18H2,1H3,(H,26,31). The molecule has 2 fully saturated rings. The highest BCUT2D eigenvalue weighted by Gasteiger charge is 2.52. The van der Waals surface area contributed by atoms with E-state index in [0.717, 1.165) is 41.0 Å². The number of nitrogens with one attached hydrogen (secondary N) is 1. The fourth-order valence-electron chi connectivity index (χ4n) is 4.76. The summed E-state index contributed by atoms with van der Waals surface area (Å²) in [5.74, 6) is 0.182. The van der Waals surface area contributed by atoms with E-state index in [1.54, 1.807) is 16.2 Å². The molecular weight excluding hydrogens is 422 g/mol. The molecule has 1 spiro atoms. The molecule has 6 nitrogen and oxygen atoms in total. The van der Waals surface area contributed by atoms with Gasteiger partial charge in [-0.25, -0.2) is 4.79 Å². The number of rotatable bonds is 8. The van der Waals surface area contributed by atoms with Crippen molar-refractivity contribution in [2.24, 2.45) is 5.92 Å². The fourth-order valence-corrected chi connectivity index (χ4v) is 5.48. The molecule has 0 bridgehead atoms. The Kier molecular flexibility index (Phi) is 6.94. The lowest BCUT2D eigenvalue weighted by atomic mass is 9.75. The van der Waals surface area contributed by atoms with Crippen molar-refractivity contribution in [1.29, 1.82) is 0 Å². The number of nitrogens with zero attached hydrogens (tertiary/aromatic N) is 2. The van der Waals surface area contributed by atoms with Crippen molar-refractivity contribution >= 4 is 29.2 Å². The maximum Gasteiger partial charge on any atom is 0.325 e. The zero-order valence-corrected chi connectivity index (χ0v) is 19.4. The van der Waals surface area contributed by atoms with Gasteiger partial charge in [0, 0.05) is 11.4 Å². The Morgan fingerprint density at radius 1 is 1.16 bits per heavy atom. The van der Waals surface area contributed by atoms with E-state index in [-0.39, 0.29) is 18.4 Å². The summed E-state index contributed by atoms with van der Waals surface area (Å²) < 4.78 is 0. The molecule has 1 N–H and O–H groups in total. The summed E-state index contributed by atoms with van der Waals surface area (Å²) in [6, 6.07) is 13.6. The number of carbonyl (C=O) groups excluding carboxylic acids is 3. The summed E-state index contributed by atoms with van der Waals surface area (Å²) >= 11 is 1.60. The van der Waals surface area contributed by atoms with Crippen molar-refractivity contribution in [2.45, 2.75) is 57.5 Å². The molecular formula is C25H31N3O3S. The van der Waals surface area contributed by atoms with E-state index in [4.69, 9.17) is 0 Å². The van der Waals surface area contributed by atoms with Crippen LogP contribution in [-0.2, 0) is 22.6 Å². The smallest absolute Gasteiger partial charge is 0.325 e. The molecule has 1 aliphatic heterocycles. The number of urea groups is 1. The molecule has 2 heterocycles. The van der Waals surface area contributed by atoms with Crippen LogP contribution in [0.2, 0.25) is 0 Å². The van der Waals surface area contributed by atoms with E-state index in [2.05, 4.69) is 12.2 Å². The van der Waals surface area contributed by atoms with E-state index in [1.165, 1.54) is 0 Å². The highest BCUT2D eigenvalue weighted by atomic mass is 32.1.